The normalized spacial score (nSPS) is 0. The summed E-state index contributed by atoms with van der Waals surface area (Å²) in [4.78, 5) is 0. The molecule has 0 bridgehead atoms. The Hall–Kier alpha value is 7.35. The average Bonchev–Trinajstić information content (AvgIpc) is 0. The summed E-state index contributed by atoms with van der Waals surface area (Å²) in [6, 6.07) is 0. The van der Waals surface area contributed by atoms with Gasteiger partial charge < -0.3 is 120 Å². The van der Waals surface area contributed by atoms with Gasteiger partial charge in [-0.25, -0.2) is 0 Å². The molecule has 0 aliphatic rings. The molecule has 0 radical (unpaired) electrons. The van der Waals surface area contributed by atoms with Crippen LogP contribution >= 0.6 is 0 Å². The summed E-state index contributed by atoms with van der Waals surface area (Å²) in [5.41, 5.74) is 0. The standard InChI is InChI=1S/5Ag.5HI/h;;;;;5*1H/q5*+1;;;;;/p-5. The third kappa shape index (κ3) is 58.5. The van der Waals surface area contributed by atoms with Gasteiger partial charge in [0.2, 0.25) is 0 Å². The molecule has 0 unspecified atom stereocenters. The summed E-state index contributed by atoms with van der Waals surface area (Å²) in [5, 5.41) is 0. The van der Waals surface area contributed by atoms with Crippen LogP contribution in [0.25, 0.3) is 0 Å². The van der Waals surface area contributed by atoms with E-state index >= 15 is 0 Å². The minimum Gasteiger partial charge on any atom is -1.00 e. The zero-order valence-corrected chi connectivity index (χ0v) is 21.6. The zero-order valence-electron chi connectivity index (χ0n) is 3.40. The quantitative estimate of drug-likeness (QED) is 0.168. The number of rotatable bonds is 0. The second kappa shape index (κ2) is 71.3. The van der Waals surface area contributed by atoms with Crippen LogP contribution in [0.15, 0.2) is 0 Å². The van der Waals surface area contributed by atoms with Crippen LogP contribution in [0.5, 0.6) is 0 Å². The Labute approximate surface area is 225 Å². The molecule has 0 saturated carbocycles. The molecule has 10 heavy (non-hydrogen) atoms. The third-order valence-corrected chi connectivity index (χ3v) is 0. The molecule has 0 amide bonds. The molecule has 0 heterocycles. The van der Waals surface area contributed by atoms with Crippen molar-refractivity contribution in [1.29, 1.82) is 0 Å². The van der Waals surface area contributed by atoms with Gasteiger partial charge in [0.1, 0.15) is 0 Å². The van der Waals surface area contributed by atoms with E-state index in [1.54, 1.807) is 0 Å². The Morgan fingerprint density at radius 1 is 0.200 bits per heavy atom. The fraction of sp³-hybridized carbons (Fsp3) is 0. The number of hydrogen-bond acceptors (Lipinski definition) is 0. The smallest absolute Gasteiger partial charge is 1.00 e. The van der Waals surface area contributed by atoms with Gasteiger partial charge in [-0.2, -0.15) is 0 Å². The van der Waals surface area contributed by atoms with Crippen molar-refractivity contribution in [3.63, 3.8) is 0 Å². The van der Waals surface area contributed by atoms with Gasteiger partial charge in [0.15, 0.2) is 0 Å². The van der Waals surface area contributed by atoms with Crippen molar-refractivity contribution in [2.45, 2.75) is 0 Å². The molecule has 0 spiro atoms. The molecule has 0 atom stereocenters. The van der Waals surface area contributed by atoms with Gasteiger partial charge in [-0.1, -0.05) is 0 Å². The van der Waals surface area contributed by atoms with Crippen LogP contribution in [0, 0.1) is 0 Å². The molecule has 0 rings (SSSR count). The van der Waals surface area contributed by atoms with Gasteiger partial charge in [0, 0.05) is 0 Å². The molecule has 0 aromatic carbocycles. The first kappa shape index (κ1) is 85.8. The van der Waals surface area contributed by atoms with E-state index in [1.807, 2.05) is 0 Å². The summed E-state index contributed by atoms with van der Waals surface area (Å²) < 4.78 is 0. The van der Waals surface area contributed by atoms with Crippen molar-refractivity contribution in [3.8, 4) is 0 Å². The van der Waals surface area contributed by atoms with Gasteiger partial charge >= 0.3 is 112 Å². The minimum atomic E-state index is 0. The average molecular weight is 1170 g/mol. The van der Waals surface area contributed by atoms with E-state index in [0.717, 1.165) is 0 Å². The SMILES string of the molecule is [Ag+].[Ag+].[Ag+].[Ag+].[Ag+].[I-].[I-].[I-].[I-].[I-]. The predicted molar refractivity (Wildman–Crippen MR) is 0 cm³/mol. The number of hydrogen-bond donors (Lipinski definition) is 0. The molecule has 0 aromatic heterocycles. The maximum Gasteiger partial charge on any atom is 1.00 e. The summed E-state index contributed by atoms with van der Waals surface area (Å²) >= 11 is 0. The van der Waals surface area contributed by atoms with Crippen molar-refractivity contribution < 1.29 is 232 Å². The Bertz CT molecular complexity index is 10.0. The predicted octanol–water partition coefficient (Wildman–Crippen LogP) is -15.0. The van der Waals surface area contributed by atoms with Crippen LogP contribution in [0.2, 0.25) is 0 Å². The zero-order chi connectivity index (χ0) is 0. The van der Waals surface area contributed by atoms with Crippen LogP contribution in [-0.4, -0.2) is 0 Å². The van der Waals surface area contributed by atoms with Gasteiger partial charge in [-0.05, 0) is 0 Å². The van der Waals surface area contributed by atoms with E-state index in [9.17, 15) is 0 Å². The van der Waals surface area contributed by atoms with E-state index in [2.05, 4.69) is 0 Å². The fourth-order valence-electron chi connectivity index (χ4n) is 0. The Morgan fingerprint density at radius 2 is 0.200 bits per heavy atom. The second-order valence-corrected chi connectivity index (χ2v) is 0. The van der Waals surface area contributed by atoms with Crippen molar-refractivity contribution in [2.24, 2.45) is 0 Å². The molecular formula is Ag5I5. The molecule has 0 nitrogen and oxygen atoms in total. The molecule has 0 aliphatic heterocycles. The first-order chi connectivity index (χ1) is 0. The second-order valence-electron chi connectivity index (χ2n) is 0. The molecule has 0 aromatic rings. The molecule has 0 N–H and O–H groups in total. The van der Waals surface area contributed by atoms with Crippen LogP contribution < -0.4 is 120 Å². The molecule has 0 fully saturated rings. The number of halogens is 5. The third-order valence-electron chi connectivity index (χ3n) is 0. The van der Waals surface area contributed by atoms with Gasteiger partial charge in [0.25, 0.3) is 0 Å². The molecule has 0 aliphatic carbocycles. The van der Waals surface area contributed by atoms with Gasteiger partial charge in [0.05, 0.1) is 0 Å². The van der Waals surface area contributed by atoms with Crippen molar-refractivity contribution >= 4 is 0 Å². The topological polar surface area (TPSA) is 0 Å². The van der Waals surface area contributed by atoms with Crippen molar-refractivity contribution in [1.82, 2.24) is 0 Å². The van der Waals surface area contributed by atoms with Crippen LogP contribution in [0.3, 0.4) is 0 Å². The van der Waals surface area contributed by atoms with Crippen molar-refractivity contribution in [3.05, 3.63) is 0 Å². The molecule has 90 valence electrons. The van der Waals surface area contributed by atoms with Crippen LogP contribution in [0.4, 0.5) is 0 Å². The summed E-state index contributed by atoms with van der Waals surface area (Å²) in [6.45, 7) is 0. The molecule has 0 saturated heterocycles. The minimum absolute atomic E-state index is 0. The van der Waals surface area contributed by atoms with Crippen molar-refractivity contribution in [2.75, 3.05) is 0 Å². The Balaban J connectivity index is 0. The summed E-state index contributed by atoms with van der Waals surface area (Å²) in [5.74, 6) is 0. The first-order valence-electron chi connectivity index (χ1n) is 0. The van der Waals surface area contributed by atoms with Gasteiger partial charge in [-0.3, -0.25) is 0 Å². The molecular weight excluding hydrogens is 1170 g/mol. The van der Waals surface area contributed by atoms with E-state index < -0.39 is 0 Å². The van der Waals surface area contributed by atoms with E-state index in [-0.39, 0.29) is 232 Å². The van der Waals surface area contributed by atoms with E-state index in [1.165, 1.54) is 0 Å². The van der Waals surface area contributed by atoms with E-state index in [4.69, 9.17) is 0 Å². The fourth-order valence-corrected chi connectivity index (χ4v) is 0. The molecule has 10 heteroatoms. The van der Waals surface area contributed by atoms with Crippen LogP contribution in [0.1, 0.15) is 0 Å². The maximum atomic E-state index is 0. The van der Waals surface area contributed by atoms with Crippen LogP contribution in [-0.2, 0) is 112 Å². The Kier molecular flexibility index (Phi) is 612. The Morgan fingerprint density at radius 3 is 0.200 bits per heavy atom. The summed E-state index contributed by atoms with van der Waals surface area (Å²) in [7, 11) is 0. The largest absolute Gasteiger partial charge is 1.00 e. The first-order valence-corrected chi connectivity index (χ1v) is 0. The maximum absolute atomic E-state index is 0. The summed E-state index contributed by atoms with van der Waals surface area (Å²) in [6.07, 6.45) is 0. The van der Waals surface area contributed by atoms with E-state index in [0.29, 0.717) is 0 Å². The monoisotopic (exact) mass is 1170 g/mol. The van der Waals surface area contributed by atoms with Gasteiger partial charge in [-0.15, -0.1) is 0 Å².